The average molecular weight is 594 g/mol. The van der Waals surface area contributed by atoms with Gasteiger partial charge in [-0.3, -0.25) is 9.59 Å². The first-order valence-corrected chi connectivity index (χ1v) is 15.6. The van der Waals surface area contributed by atoms with Crippen molar-refractivity contribution < 1.29 is 14.4 Å². The Hall–Kier alpha value is -3.17. The number of fused-ring (bicyclic) bond motifs is 1. The topological polar surface area (TPSA) is 88.8 Å². The molecule has 216 valence electrons. The maximum absolute atomic E-state index is 14.9. The van der Waals surface area contributed by atoms with Gasteiger partial charge in [-0.15, -0.1) is 11.8 Å². The highest BCUT2D eigenvalue weighted by Gasteiger charge is 2.60. The number of carbonyl (C=O) groups excluding carboxylic acids is 3. The normalized spacial score (nSPS) is 23.0. The number of halogens is 1. The second-order valence-corrected chi connectivity index (χ2v) is 13.3. The summed E-state index contributed by atoms with van der Waals surface area (Å²) in [6, 6.07) is 13.4. The van der Waals surface area contributed by atoms with Crippen molar-refractivity contribution in [2.24, 2.45) is 5.92 Å². The van der Waals surface area contributed by atoms with E-state index in [-0.39, 0.29) is 24.3 Å². The summed E-state index contributed by atoms with van der Waals surface area (Å²) < 4.78 is -1.07. The standard InChI is InChI=1S/C31H36ClN5O3S/c1-3-33-30(40)36-14-12-35(13-15-36)29(39)31(41-23-9-4-20(2)5-10-23)17-27(38)37(19-21-6-7-21)28(31)25-18-34-26-16-22(32)8-11-24(25)26/h4-5,8-11,16,18,21,28,34H,3,6-7,12-15,17,19H2,1-2H3,(H,33,40). The number of rotatable bonds is 7. The van der Waals surface area contributed by atoms with Gasteiger partial charge in [-0.25, -0.2) is 4.79 Å². The van der Waals surface area contributed by atoms with Crippen molar-refractivity contribution in [1.82, 2.24) is 25.0 Å². The smallest absolute Gasteiger partial charge is 0.317 e. The molecule has 3 heterocycles. The van der Waals surface area contributed by atoms with Crippen LogP contribution < -0.4 is 5.32 Å². The molecule has 3 aliphatic rings. The molecule has 0 bridgehead atoms. The maximum atomic E-state index is 14.9. The third-order valence-corrected chi connectivity index (χ3v) is 10.1. The quantitative estimate of drug-likeness (QED) is 0.393. The van der Waals surface area contributed by atoms with E-state index in [1.807, 2.05) is 72.3 Å². The van der Waals surface area contributed by atoms with Crippen LogP contribution in [-0.4, -0.2) is 81.5 Å². The minimum atomic E-state index is -1.07. The molecule has 2 saturated heterocycles. The Morgan fingerprint density at radius 1 is 1.07 bits per heavy atom. The summed E-state index contributed by atoms with van der Waals surface area (Å²) in [5.74, 6) is 0.440. The van der Waals surface area contributed by atoms with Gasteiger partial charge in [-0.2, -0.15) is 0 Å². The van der Waals surface area contributed by atoms with Crippen LogP contribution in [0.3, 0.4) is 0 Å². The van der Waals surface area contributed by atoms with E-state index in [4.69, 9.17) is 11.6 Å². The predicted molar refractivity (Wildman–Crippen MR) is 162 cm³/mol. The lowest BCUT2D eigenvalue weighted by Gasteiger charge is -2.42. The van der Waals surface area contributed by atoms with Crippen LogP contribution in [0.4, 0.5) is 4.79 Å². The molecule has 2 atom stereocenters. The zero-order chi connectivity index (χ0) is 28.7. The fraction of sp³-hybridized carbons (Fsp3) is 0.452. The van der Waals surface area contributed by atoms with Crippen molar-refractivity contribution in [3.8, 4) is 0 Å². The second kappa shape index (κ2) is 11.2. The lowest BCUT2D eigenvalue weighted by Crippen LogP contribution is -2.58. The number of hydrogen-bond acceptors (Lipinski definition) is 4. The molecule has 1 aliphatic carbocycles. The van der Waals surface area contributed by atoms with Gasteiger partial charge in [-0.1, -0.05) is 35.4 Å². The molecule has 10 heteroatoms. The molecule has 41 heavy (non-hydrogen) atoms. The molecule has 0 radical (unpaired) electrons. The third-order valence-electron chi connectivity index (χ3n) is 8.47. The molecule has 1 saturated carbocycles. The van der Waals surface area contributed by atoms with Crippen molar-refractivity contribution >= 4 is 52.1 Å². The molecule has 0 spiro atoms. The highest BCUT2D eigenvalue weighted by atomic mass is 35.5. The summed E-state index contributed by atoms with van der Waals surface area (Å²) in [6.07, 6.45) is 4.29. The highest BCUT2D eigenvalue weighted by Crippen LogP contribution is 2.55. The largest absolute Gasteiger partial charge is 0.361 e. The number of urea groups is 1. The van der Waals surface area contributed by atoms with Crippen molar-refractivity contribution in [3.05, 3.63) is 64.8 Å². The molecule has 6 rings (SSSR count). The fourth-order valence-corrected chi connectivity index (χ4v) is 7.80. The Bertz CT molecular complexity index is 1460. The Morgan fingerprint density at radius 2 is 1.78 bits per heavy atom. The zero-order valence-corrected chi connectivity index (χ0v) is 25.1. The van der Waals surface area contributed by atoms with Crippen LogP contribution in [-0.2, 0) is 9.59 Å². The van der Waals surface area contributed by atoms with Gasteiger partial charge in [0.15, 0.2) is 0 Å². The van der Waals surface area contributed by atoms with E-state index in [0.29, 0.717) is 50.2 Å². The Labute approximate surface area is 249 Å². The van der Waals surface area contributed by atoms with Gasteiger partial charge in [0.1, 0.15) is 4.75 Å². The summed E-state index contributed by atoms with van der Waals surface area (Å²) in [7, 11) is 0. The van der Waals surface area contributed by atoms with E-state index >= 15 is 0 Å². The summed E-state index contributed by atoms with van der Waals surface area (Å²) in [5, 5.41) is 4.46. The number of amides is 4. The van der Waals surface area contributed by atoms with Crippen molar-refractivity contribution in [1.29, 1.82) is 0 Å². The minimum absolute atomic E-state index is 0.0131. The Kier molecular flexibility index (Phi) is 7.68. The van der Waals surface area contributed by atoms with Crippen LogP contribution in [0.15, 0.2) is 53.6 Å². The summed E-state index contributed by atoms with van der Waals surface area (Å²) in [4.78, 5) is 51.2. The number of piperazine rings is 1. The Morgan fingerprint density at radius 3 is 2.46 bits per heavy atom. The van der Waals surface area contributed by atoms with Crippen molar-refractivity contribution in [2.75, 3.05) is 39.3 Å². The van der Waals surface area contributed by atoms with Gasteiger partial charge in [0.2, 0.25) is 11.8 Å². The molecule has 2 aromatic carbocycles. The Balaban J connectivity index is 1.43. The van der Waals surface area contributed by atoms with Crippen molar-refractivity contribution in [2.45, 2.75) is 48.8 Å². The summed E-state index contributed by atoms with van der Waals surface area (Å²) >= 11 is 7.83. The first-order valence-electron chi connectivity index (χ1n) is 14.4. The fourth-order valence-electron chi connectivity index (χ4n) is 6.16. The second-order valence-electron chi connectivity index (χ2n) is 11.4. The zero-order valence-electron chi connectivity index (χ0n) is 23.5. The van der Waals surface area contributed by atoms with Crippen LogP contribution in [0.25, 0.3) is 10.9 Å². The molecular weight excluding hydrogens is 558 g/mol. The summed E-state index contributed by atoms with van der Waals surface area (Å²) in [6.45, 7) is 6.92. The lowest BCUT2D eigenvalue weighted by atomic mass is 9.90. The predicted octanol–water partition coefficient (Wildman–Crippen LogP) is 5.22. The maximum Gasteiger partial charge on any atom is 0.317 e. The number of aromatic nitrogens is 1. The molecule has 2 unspecified atom stereocenters. The van der Waals surface area contributed by atoms with Crippen molar-refractivity contribution in [3.63, 3.8) is 0 Å². The van der Waals surface area contributed by atoms with Crippen LogP contribution in [0.5, 0.6) is 0 Å². The van der Waals surface area contributed by atoms with Gasteiger partial charge in [0.25, 0.3) is 0 Å². The number of likely N-dealkylation sites (tertiary alicyclic amines) is 1. The van der Waals surface area contributed by atoms with Gasteiger partial charge in [-0.05, 0) is 56.9 Å². The van der Waals surface area contributed by atoms with Gasteiger partial charge in [0, 0.05) is 71.8 Å². The highest BCUT2D eigenvalue weighted by molar-refractivity contribution is 8.01. The van der Waals surface area contributed by atoms with Crippen LogP contribution in [0.2, 0.25) is 5.02 Å². The monoisotopic (exact) mass is 593 g/mol. The van der Waals surface area contributed by atoms with Gasteiger partial charge >= 0.3 is 6.03 Å². The number of thioether (sulfide) groups is 1. The number of aromatic amines is 1. The summed E-state index contributed by atoms with van der Waals surface area (Å²) in [5.41, 5.74) is 2.96. The number of H-pyrrole nitrogens is 1. The van der Waals surface area contributed by atoms with E-state index in [1.54, 1.807) is 4.90 Å². The molecule has 8 nitrogen and oxygen atoms in total. The lowest BCUT2D eigenvalue weighted by molar-refractivity contribution is -0.136. The molecular formula is C31H36ClN5O3S. The molecule has 4 amide bonds. The third kappa shape index (κ3) is 5.42. The number of nitrogens with zero attached hydrogens (tertiary/aromatic N) is 3. The number of nitrogens with one attached hydrogen (secondary N) is 2. The van der Waals surface area contributed by atoms with E-state index in [0.717, 1.165) is 39.8 Å². The molecule has 2 aliphatic heterocycles. The average Bonchev–Trinajstić information content (AvgIpc) is 3.64. The number of hydrogen-bond donors (Lipinski definition) is 2. The van der Waals surface area contributed by atoms with Gasteiger partial charge < -0.3 is 25.0 Å². The van der Waals surface area contributed by atoms with E-state index in [9.17, 15) is 14.4 Å². The van der Waals surface area contributed by atoms with E-state index in [1.165, 1.54) is 11.8 Å². The molecule has 3 fully saturated rings. The molecule has 1 aromatic heterocycles. The minimum Gasteiger partial charge on any atom is -0.361 e. The first-order chi connectivity index (χ1) is 19.8. The first kappa shape index (κ1) is 28.0. The van der Waals surface area contributed by atoms with Crippen LogP contribution >= 0.6 is 23.4 Å². The number of benzene rings is 2. The van der Waals surface area contributed by atoms with E-state index < -0.39 is 10.8 Å². The molecule has 2 N–H and O–H groups in total. The van der Waals surface area contributed by atoms with Crippen LogP contribution in [0.1, 0.15) is 43.4 Å². The van der Waals surface area contributed by atoms with Crippen LogP contribution in [0, 0.1) is 12.8 Å². The van der Waals surface area contributed by atoms with Gasteiger partial charge in [0.05, 0.1) is 12.5 Å². The molecule has 3 aromatic rings. The number of carbonyl (C=O) groups is 3. The number of aryl methyl sites for hydroxylation is 1. The SMILES string of the molecule is CCNC(=O)N1CCN(C(=O)C2(Sc3ccc(C)cc3)CC(=O)N(CC3CC3)C2c2c[nH]c3cc(Cl)ccc23)CC1. The van der Waals surface area contributed by atoms with E-state index in [2.05, 4.69) is 10.3 Å².